The summed E-state index contributed by atoms with van der Waals surface area (Å²) in [5, 5.41) is 3.82. The number of nitrogens with zero attached hydrogens (tertiary/aromatic N) is 2. The van der Waals surface area contributed by atoms with Crippen LogP contribution in [0.2, 0.25) is 0 Å². The van der Waals surface area contributed by atoms with E-state index in [1.807, 2.05) is 31.2 Å². The third-order valence-corrected chi connectivity index (χ3v) is 5.46. The van der Waals surface area contributed by atoms with Gasteiger partial charge >= 0.3 is 5.63 Å². The average molecular weight is 408 g/mol. The Morgan fingerprint density at radius 1 is 1.17 bits per heavy atom. The summed E-state index contributed by atoms with van der Waals surface area (Å²) >= 11 is 0. The van der Waals surface area contributed by atoms with Crippen LogP contribution >= 0.6 is 0 Å². The highest BCUT2D eigenvalue weighted by Crippen LogP contribution is 2.25. The molecule has 0 saturated heterocycles. The van der Waals surface area contributed by atoms with Gasteiger partial charge in [0.15, 0.2) is 0 Å². The summed E-state index contributed by atoms with van der Waals surface area (Å²) in [4.78, 5) is 31.1. The fourth-order valence-electron chi connectivity index (χ4n) is 3.68. The molecule has 3 rings (SSSR count). The SMILES string of the molecule is CCN(CC)c1ccc2c(C)c(CCC(=O)NCCc3cccnc3)c(=O)oc2c1. The molecule has 0 fully saturated rings. The van der Waals surface area contributed by atoms with Gasteiger partial charge < -0.3 is 14.6 Å². The summed E-state index contributed by atoms with van der Waals surface area (Å²) < 4.78 is 5.60. The highest BCUT2D eigenvalue weighted by molar-refractivity contribution is 5.84. The number of carbonyl (C=O) groups is 1. The van der Waals surface area contributed by atoms with Crippen LogP contribution in [0, 0.1) is 6.92 Å². The highest BCUT2D eigenvalue weighted by atomic mass is 16.4. The Balaban J connectivity index is 1.66. The minimum absolute atomic E-state index is 0.0744. The summed E-state index contributed by atoms with van der Waals surface area (Å²) in [5.41, 5.74) is 3.80. The van der Waals surface area contributed by atoms with E-state index >= 15 is 0 Å². The Bertz CT molecular complexity index is 1060. The number of aryl methyl sites for hydroxylation is 1. The highest BCUT2D eigenvalue weighted by Gasteiger charge is 2.14. The number of pyridine rings is 1. The maximum Gasteiger partial charge on any atom is 0.339 e. The van der Waals surface area contributed by atoms with Crippen molar-refractivity contribution in [2.45, 2.75) is 40.0 Å². The van der Waals surface area contributed by atoms with Gasteiger partial charge in [-0.25, -0.2) is 4.79 Å². The van der Waals surface area contributed by atoms with E-state index in [2.05, 4.69) is 35.1 Å². The predicted molar refractivity (Wildman–Crippen MR) is 120 cm³/mol. The van der Waals surface area contributed by atoms with Gasteiger partial charge in [0.25, 0.3) is 0 Å². The minimum Gasteiger partial charge on any atom is -0.422 e. The van der Waals surface area contributed by atoms with Gasteiger partial charge in [-0.3, -0.25) is 9.78 Å². The van der Waals surface area contributed by atoms with Gasteiger partial charge in [-0.1, -0.05) is 6.07 Å². The molecular weight excluding hydrogens is 378 g/mol. The molecule has 0 atom stereocenters. The molecule has 3 aromatic rings. The zero-order chi connectivity index (χ0) is 21.5. The first-order valence-corrected chi connectivity index (χ1v) is 10.5. The zero-order valence-electron chi connectivity index (χ0n) is 17.9. The van der Waals surface area contributed by atoms with Crippen LogP contribution in [-0.4, -0.2) is 30.5 Å². The Labute approximate surface area is 176 Å². The number of aromatic nitrogens is 1. The molecule has 0 radical (unpaired) electrons. The first-order valence-electron chi connectivity index (χ1n) is 10.5. The lowest BCUT2D eigenvalue weighted by atomic mass is 10.0. The van der Waals surface area contributed by atoms with E-state index in [4.69, 9.17) is 4.42 Å². The van der Waals surface area contributed by atoms with Crippen molar-refractivity contribution in [1.29, 1.82) is 0 Å². The van der Waals surface area contributed by atoms with Crippen molar-refractivity contribution < 1.29 is 9.21 Å². The van der Waals surface area contributed by atoms with E-state index in [0.29, 0.717) is 24.1 Å². The van der Waals surface area contributed by atoms with Crippen LogP contribution in [0.5, 0.6) is 0 Å². The Kier molecular flexibility index (Phi) is 7.22. The van der Waals surface area contributed by atoms with Crippen molar-refractivity contribution >= 4 is 22.6 Å². The van der Waals surface area contributed by atoms with E-state index in [0.717, 1.165) is 41.7 Å². The fraction of sp³-hybridized carbons (Fsp3) is 0.375. The van der Waals surface area contributed by atoms with Crippen LogP contribution in [0.15, 0.2) is 51.9 Å². The lowest BCUT2D eigenvalue weighted by Gasteiger charge is -2.21. The smallest absolute Gasteiger partial charge is 0.339 e. The number of benzene rings is 1. The molecule has 6 nitrogen and oxygen atoms in total. The molecule has 6 heteroatoms. The third-order valence-electron chi connectivity index (χ3n) is 5.46. The second-order valence-corrected chi connectivity index (χ2v) is 7.31. The second kappa shape index (κ2) is 10.1. The standard InChI is InChI=1S/C24H29N3O3/c1-4-27(5-2)19-8-9-20-17(3)21(24(29)30-22(20)15-19)10-11-23(28)26-14-12-18-7-6-13-25-16-18/h6-9,13,15-16H,4-5,10-12,14H2,1-3H3,(H,26,28). The van der Waals surface area contributed by atoms with Crippen LogP contribution in [0.4, 0.5) is 5.69 Å². The van der Waals surface area contributed by atoms with Crippen molar-refractivity contribution in [3.05, 3.63) is 69.8 Å². The van der Waals surface area contributed by atoms with Gasteiger partial charge in [0.05, 0.1) is 0 Å². The summed E-state index contributed by atoms with van der Waals surface area (Å²) in [7, 11) is 0. The van der Waals surface area contributed by atoms with Crippen LogP contribution < -0.4 is 15.8 Å². The van der Waals surface area contributed by atoms with Crippen LogP contribution in [-0.2, 0) is 17.6 Å². The molecule has 2 aromatic heterocycles. The van der Waals surface area contributed by atoms with Gasteiger partial charge in [0, 0.05) is 61.2 Å². The topological polar surface area (TPSA) is 75.4 Å². The lowest BCUT2D eigenvalue weighted by molar-refractivity contribution is -0.121. The molecule has 1 N–H and O–H groups in total. The van der Waals surface area contributed by atoms with Crippen LogP contribution in [0.3, 0.4) is 0 Å². The molecule has 0 spiro atoms. The van der Waals surface area contributed by atoms with Gasteiger partial charge in [-0.15, -0.1) is 0 Å². The number of anilines is 1. The van der Waals surface area contributed by atoms with Crippen molar-refractivity contribution in [2.75, 3.05) is 24.5 Å². The molecule has 0 aliphatic carbocycles. The van der Waals surface area contributed by atoms with Crippen molar-refractivity contribution in [3.63, 3.8) is 0 Å². The second-order valence-electron chi connectivity index (χ2n) is 7.31. The summed E-state index contributed by atoms with van der Waals surface area (Å²) in [6, 6.07) is 9.83. The van der Waals surface area contributed by atoms with Crippen molar-refractivity contribution in [1.82, 2.24) is 10.3 Å². The molecular formula is C24H29N3O3. The van der Waals surface area contributed by atoms with E-state index < -0.39 is 0 Å². The van der Waals surface area contributed by atoms with Gasteiger partial charge in [-0.05, 0) is 62.9 Å². The molecule has 158 valence electrons. The molecule has 2 heterocycles. The number of nitrogens with one attached hydrogen (secondary N) is 1. The Hall–Kier alpha value is -3.15. The minimum atomic E-state index is -0.361. The molecule has 0 bridgehead atoms. The first-order chi connectivity index (χ1) is 14.5. The van der Waals surface area contributed by atoms with E-state index in [9.17, 15) is 9.59 Å². The number of carbonyl (C=O) groups excluding carboxylic acids is 1. The van der Waals surface area contributed by atoms with Crippen molar-refractivity contribution in [3.8, 4) is 0 Å². The maximum absolute atomic E-state index is 12.6. The monoisotopic (exact) mass is 407 g/mol. The molecule has 1 amide bonds. The average Bonchev–Trinajstić information content (AvgIpc) is 2.75. The van der Waals surface area contributed by atoms with E-state index in [1.165, 1.54) is 0 Å². The maximum atomic E-state index is 12.6. The quantitative estimate of drug-likeness (QED) is 0.548. The van der Waals surface area contributed by atoms with Gasteiger partial charge in [0.2, 0.25) is 5.91 Å². The summed E-state index contributed by atoms with van der Waals surface area (Å²) in [6.45, 7) is 8.44. The summed E-state index contributed by atoms with van der Waals surface area (Å²) in [6.07, 6.45) is 4.86. The first kappa shape index (κ1) is 21.6. The van der Waals surface area contributed by atoms with E-state index in [-0.39, 0.29) is 18.0 Å². The number of fused-ring (bicyclic) bond motifs is 1. The Morgan fingerprint density at radius 3 is 2.67 bits per heavy atom. The van der Waals surface area contributed by atoms with E-state index in [1.54, 1.807) is 12.4 Å². The normalized spacial score (nSPS) is 10.9. The van der Waals surface area contributed by atoms with Crippen LogP contribution in [0.25, 0.3) is 11.0 Å². The van der Waals surface area contributed by atoms with Gasteiger partial charge in [0.1, 0.15) is 5.58 Å². The molecule has 0 aliphatic rings. The molecule has 1 aromatic carbocycles. The zero-order valence-corrected chi connectivity index (χ0v) is 17.9. The number of rotatable bonds is 9. The fourth-order valence-corrected chi connectivity index (χ4v) is 3.68. The van der Waals surface area contributed by atoms with Crippen LogP contribution in [0.1, 0.15) is 37.0 Å². The third kappa shape index (κ3) is 5.06. The molecule has 0 aliphatic heterocycles. The number of amides is 1. The Morgan fingerprint density at radius 2 is 1.97 bits per heavy atom. The molecule has 0 saturated carbocycles. The predicted octanol–water partition coefficient (Wildman–Crippen LogP) is 3.63. The lowest BCUT2D eigenvalue weighted by Crippen LogP contribution is -2.26. The largest absolute Gasteiger partial charge is 0.422 e. The number of hydrogen-bond donors (Lipinski definition) is 1. The van der Waals surface area contributed by atoms with Crippen molar-refractivity contribution in [2.24, 2.45) is 0 Å². The molecule has 30 heavy (non-hydrogen) atoms. The summed E-state index contributed by atoms with van der Waals surface area (Å²) in [5.74, 6) is -0.0744. The molecule has 0 unspecified atom stereocenters. The number of hydrogen-bond acceptors (Lipinski definition) is 5. The van der Waals surface area contributed by atoms with Gasteiger partial charge in [-0.2, -0.15) is 0 Å².